The summed E-state index contributed by atoms with van der Waals surface area (Å²) in [6.07, 6.45) is 0.916. The number of aromatic carboxylic acids is 1. The molecule has 0 fully saturated rings. The number of ether oxygens (including phenoxy) is 1. The van der Waals surface area contributed by atoms with Crippen molar-refractivity contribution in [1.29, 1.82) is 0 Å². The molecule has 1 aromatic rings. The molecule has 18 heavy (non-hydrogen) atoms. The Morgan fingerprint density at radius 1 is 1.50 bits per heavy atom. The average molecular weight is 279 g/mol. The molecule has 1 aromatic heterocycles. The third kappa shape index (κ3) is 3.77. The van der Waals surface area contributed by atoms with E-state index in [4.69, 9.17) is 14.9 Å². The van der Waals surface area contributed by atoms with E-state index in [0.29, 0.717) is 0 Å². The van der Waals surface area contributed by atoms with Crippen molar-refractivity contribution in [3.8, 4) is 0 Å². The van der Waals surface area contributed by atoms with Crippen molar-refractivity contribution in [3.63, 3.8) is 0 Å². The molecule has 1 heterocycles. The van der Waals surface area contributed by atoms with Crippen LogP contribution < -0.4 is 4.72 Å². The summed E-state index contributed by atoms with van der Waals surface area (Å²) in [5.41, 5.74) is -0.432. The average Bonchev–Trinajstić information content (AvgIpc) is 2.78. The minimum Gasteiger partial charge on any atom is -0.478 e. The van der Waals surface area contributed by atoms with Gasteiger partial charge in [-0.1, -0.05) is 0 Å². The van der Waals surface area contributed by atoms with Crippen LogP contribution in [0, 0.1) is 0 Å². The van der Waals surface area contributed by atoms with Crippen molar-refractivity contribution in [1.82, 2.24) is 14.9 Å². The molecule has 0 aromatic carbocycles. The molecule has 0 atom stereocenters. The Balaban J connectivity index is 2.63. The number of aliphatic hydroxyl groups excluding tert-OH is 1. The van der Waals surface area contributed by atoms with Gasteiger partial charge in [0.15, 0.2) is 5.03 Å². The number of carboxylic acid groups (broad SMARTS) is 1. The second-order valence-corrected chi connectivity index (χ2v) is 4.86. The van der Waals surface area contributed by atoms with E-state index in [-0.39, 0.29) is 26.4 Å². The van der Waals surface area contributed by atoms with Gasteiger partial charge >= 0.3 is 5.97 Å². The molecule has 0 unspecified atom stereocenters. The Bertz CT molecular complexity index is 497. The lowest BCUT2D eigenvalue weighted by Gasteiger charge is -2.05. The van der Waals surface area contributed by atoms with Gasteiger partial charge < -0.3 is 14.9 Å². The molecule has 0 aliphatic heterocycles. The van der Waals surface area contributed by atoms with Crippen LogP contribution in [-0.4, -0.2) is 61.2 Å². The second kappa shape index (κ2) is 6.44. The molecule has 4 N–H and O–H groups in total. The highest BCUT2D eigenvalue weighted by molar-refractivity contribution is 7.89. The fraction of sp³-hybridized carbons (Fsp3) is 0.500. The zero-order valence-corrected chi connectivity index (χ0v) is 10.1. The molecule has 0 radical (unpaired) electrons. The Hall–Kier alpha value is -1.49. The molecule has 0 saturated heterocycles. The third-order valence-electron chi connectivity index (χ3n) is 1.88. The third-order valence-corrected chi connectivity index (χ3v) is 3.31. The zero-order chi connectivity index (χ0) is 13.6. The smallest absolute Gasteiger partial charge is 0.340 e. The van der Waals surface area contributed by atoms with Gasteiger partial charge in [0.25, 0.3) is 10.0 Å². The number of hydrogen-bond donors (Lipinski definition) is 4. The lowest BCUT2D eigenvalue weighted by Crippen LogP contribution is -2.29. The van der Waals surface area contributed by atoms with E-state index in [1.807, 2.05) is 0 Å². The molecule has 0 aliphatic carbocycles. The SMILES string of the molecule is O=C(O)c1cn[nH]c1S(=O)(=O)NCCOCCO. The first-order chi connectivity index (χ1) is 8.49. The summed E-state index contributed by atoms with van der Waals surface area (Å²) < 4.78 is 30.4. The maximum Gasteiger partial charge on any atom is 0.340 e. The van der Waals surface area contributed by atoms with Gasteiger partial charge in [0.2, 0.25) is 0 Å². The zero-order valence-electron chi connectivity index (χ0n) is 9.29. The summed E-state index contributed by atoms with van der Waals surface area (Å²) in [6.45, 7) is -0.0284. The maximum absolute atomic E-state index is 11.7. The number of rotatable bonds is 8. The van der Waals surface area contributed by atoms with Crippen LogP contribution in [0.2, 0.25) is 0 Å². The van der Waals surface area contributed by atoms with Crippen LogP contribution in [-0.2, 0) is 14.8 Å². The lowest BCUT2D eigenvalue weighted by molar-refractivity contribution is 0.0692. The number of aliphatic hydroxyl groups is 1. The molecule has 0 amide bonds. The molecule has 9 nitrogen and oxygen atoms in total. The van der Waals surface area contributed by atoms with Crippen molar-refractivity contribution in [2.45, 2.75) is 5.03 Å². The van der Waals surface area contributed by atoms with Gasteiger partial charge in [-0.15, -0.1) is 0 Å². The standard InChI is InChI=1S/C8H13N3O6S/c12-2-4-17-3-1-10-18(15,16)7-6(8(13)14)5-9-11-7/h5,10,12H,1-4H2,(H,9,11)(H,13,14). The van der Waals surface area contributed by atoms with E-state index >= 15 is 0 Å². The molecule has 0 aliphatic rings. The highest BCUT2D eigenvalue weighted by Crippen LogP contribution is 2.10. The number of aromatic nitrogens is 2. The summed E-state index contributed by atoms with van der Waals surface area (Å²) in [6, 6.07) is 0. The number of H-pyrrole nitrogens is 1. The van der Waals surface area contributed by atoms with E-state index in [0.717, 1.165) is 6.20 Å². The fourth-order valence-electron chi connectivity index (χ4n) is 1.12. The van der Waals surface area contributed by atoms with Crippen LogP contribution in [0.15, 0.2) is 11.2 Å². The molecule has 102 valence electrons. The molecular weight excluding hydrogens is 266 g/mol. The Morgan fingerprint density at radius 2 is 2.22 bits per heavy atom. The number of hydrogen-bond acceptors (Lipinski definition) is 6. The highest BCUT2D eigenvalue weighted by Gasteiger charge is 2.24. The predicted octanol–water partition coefficient (Wildman–Crippen LogP) is -1.60. The van der Waals surface area contributed by atoms with E-state index in [1.54, 1.807) is 0 Å². The first kappa shape index (κ1) is 14.6. The van der Waals surface area contributed by atoms with E-state index in [9.17, 15) is 13.2 Å². The van der Waals surface area contributed by atoms with Crippen molar-refractivity contribution < 1.29 is 28.2 Å². The maximum atomic E-state index is 11.7. The van der Waals surface area contributed by atoms with Gasteiger partial charge in [-0.25, -0.2) is 17.9 Å². The number of nitrogens with one attached hydrogen (secondary N) is 2. The second-order valence-electron chi connectivity index (χ2n) is 3.15. The first-order valence-corrected chi connectivity index (χ1v) is 6.42. The van der Waals surface area contributed by atoms with Crippen molar-refractivity contribution >= 4 is 16.0 Å². The fourth-order valence-corrected chi connectivity index (χ4v) is 2.22. The van der Waals surface area contributed by atoms with E-state index < -0.39 is 26.6 Å². The Kier molecular flexibility index (Phi) is 5.22. The van der Waals surface area contributed by atoms with Crippen LogP contribution in [0.3, 0.4) is 0 Å². The lowest BCUT2D eigenvalue weighted by atomic mass is 10.4. The molecule has 0 bridgehead atoms. The number of carbonyl (C=O) groups is 1. The minimum atomic E-state index is -3.97. The van der Waals surface area contributed by atoms with E-state index in [2.05, 4.69) is 14.9 Å². The van der Waals surface area contributed by atoms with Crippen LogP contribution in [0.4, 0.5) is 0 Å². The summed E-state index contributed by atoms with van der Waals surface area (Å²) >= 11 is 0. The first-order valence-electron chi connectivity index (χ1n) is 4.94. The summed E-state index contributed by atoms with van der Waals surface area (Å²) in [5.74, 6) is -1.39. The summed E-state index contributed by atoms with van der Waals surface area (Å²) in [4.78, 5) is 10.7. The van der Waals surface area contributed by atoms with Crippen molar-refractivity contribution in [2.75, 3.05) is 26.4 Å². The van der Waals surface area contributed by atoms with Gasteiger partial charge in [-0.05, 0) is 0 Å². The number of sulfonamides is 1. The number of nitrogens with zero attached hydrogens (tertiary/aromatic N) is 1. The quantitative estimate of drug-likeness (QED) is 0.419. The van der Waals surface area contributed by atoms with Gasteiger partial charge in [0.05, 0.1) is 26.0 Å². The topological polar surface area (TPSA) is 142 Å². The highest BCUT2D eigenvalue weighted by atomic mass is 32.2. The predicted molar refractivity (Wildman–Crippen MR) is 58.6 cm³/mol. The van der Waals surface area contributed by atoms with Crippen LogP contribution in [0.25, 0.3) is 0 Å². The van der Waals surface area contributed by atoms with Crippen LogP contribution >= 0.6 is 0 Å². The minimum absolute atomic E-state index is 0.0413. The Labute approximate surface area is 103 Å². The van der Waals surface area contributed by atoms with Crippen molar-refractivity contribution in [3.05, 3.63) is 11.8 Å². The molecule has 0 spiro atoms. The van der Waals surface area contributed by atoms with Crippen LogP contribution in [0.1, 0.15) is 10.4 Å². The molecular formula is C8H13N3O6S. The Morgan fingerprint density at radius 3 is 2.83 bits per heavy atom. The van der Waals surface area contributed by atoms with E-state index in [1.165, 1.54) is 0 Å². The van der Waals surface area contributed by atoms with Gasteiger partial charge in [0, 0.05) is 6.54 Å². The summed E-state index contributed by atoms with van der Waals surface area (Å²) in [7, 11) is -3.97. The van der Waals surface area contributed by atoms with Gasteiger partial charge in [-0.3, -0.25) is 5.10 Å². The van der Waals surface area contributed by atoms with Gasteiger partial charge in [0.1, 0.15) is 5.56 Å². The molecule has 1 rings (SSSR count). The van der Waals surface area contributed by atoms with Crippen molar-refractivity contribution in [2.24, 2.45) is 0 Å². The molecule has 10 heteroatoms. The monoisotopic (exact) mass is 279 g/mol. The largest absolute Gasteiger partial charge is 0.478 e. The number of carboxylic acids is 1. The van der Waals surface area contributed by atoms with Crippen LogP contribution in [0.5, 0.6) is 0 Å². The number of aromatic amines is 1. The van der Waals surface area contributed by atoms with Gasteiger partial charge in [-0.2, -0.15) is 5.10 Å². The normalized spacial score (nSPS) is 11.6. The molecule has 0 saturated carbocycles. The summed E-state index contributed by atoms with van der Waals surface area (Å²) in [5, 5.41) is 22.2.